The maximum Gasteiger partial charge on any atom is 0.335 e. The molecule has 35 heavy (non-hydrogen) atoms. The third-order valence-electron chi connectivity index (χ3n) is 5.33. The number of aromatic nitrogens is 3. The smallest absolute Gasteiger partial charge is 0.335 e. The Morgan fingerprint density at radius 3 is 2.40 bits per heavy atom. The minimum Gasteiger partial charge on any atom is -0.478 e. The Bertz CT molecular complexity index is 1210. The zero-order valence-electron chi connectivity index (χ0n) is 20.1. The summed E-state index contributed by atoms with van der Waals surface area (Å²) in [5.74, 6) is -0.795. The fraction of sp³-hybridized carbons (Fsp3) is 0.320. The predicted molar refractivity (Wildman–Crippen MR) is 135 cm³/mol. The largest absolute Gasteiger partial charge is 0.478 e. The van der Waals surface area contributed by atoms with Gasteiger partial charge in [0, 0.05) is 17.8 Å². The average molecular weight is 496 g/mol. The number of carbonyl (C=O) groups excluding carboxylic acids is 2. The van der Waals surface area contributed by atoms with Gasteiger partial charge in [-0.2, -0.15) is 0 Å². The van der Waals surface area contributed by atoms with Crippen LogP contribution in [0.5, 0.6) is 0 Å². The van der Waals surface area contributed by atoms with Crippen molar-refractivity contribution in [3.63, 3.8) is 0 Å². The van der Waals surface area contributed by atoms with Crippen LogP contribution in [0.1, 0.15) is 58.9 Å². The van der Waals surface area contributed by atoms with Crippen molar-refractivity contribution >= 4 is 35.2 Å². The first-order valence-electron chi connectivity index (χ1n) is 11.3. The highest BCUT2D eigenvalue weighted by molar-refractivity contribution is 7.99. The van der Waals surface area contributed by atoms with E-state index in [0.29, 0.717) is 28.8 Å². The highest BCUT2D eigenvalue weighted by Crippen LogP contribution is 2.26. The summed E-state index contributed by atoms with van der Waals surface area (Å²) in [5.41, 5.74) is 2.15. The van der Waals surface area contributed by atoms with Gasteiger partial charge in [0.05, 0.1) is 17.4 Å². The summed E-state index contributed by atoms with van der Waals surface area (Å²) in [5, 5.41) is 24.1. The zero-order valence-corrected chi connectivity index (χ0v) is 20.9. The topological polar surface area (TPSA) is 126 Å². The number of aryl methyl sites for hydroxylation is 1. The number of nitrogens with one attached hydrogen (secondary N) is 2. The second kappa shape index (κ2) is 11.7. The van der Waals surface area contributed by atoms with Crippen molar-refractivity contribution in [1.82, 2.24) is 20.1 Å². The second-order valence-electron chi connectivity index (χ2n) is 8.37. The molecule has 1 atom stereocenters. The summed E-state index contributed by atoms with van der Waals surface area (Å²) in [4.78, 5) is 36.4. The van der Waals surface area contributed by atoms with Crippen molar-refractivity contribution in [1.29, 1.82) is 0 Å². The van der Waals surface area contributed by atoms with Gasteiger partial charge in [-0.15, -0.1) is 10.2 Å². The van der Waals surface area contributed by atoms with Gasteiger partial charge in [-0.3, -0.25) is 9.59 Å². The molecule has 1 heterocycles. The third-order valence-corrected chi connectivity index (χ3v) is 6.30. The molecule has 2 amide bonds. The molecule has 3 rings (SSSR count). The van der Waals surface area contributed by atoms with Gasteiger partial charge in [0.2, 0.25) is 5.91 Å². The number of thioether (sulfide) groups is 1. The number of hydrogen-bond donors (Lipinski definition) is 3. The van der Waals surface area contributed by atoms with Crippen LogP contribution in [0, 0.1) is 12.8 Å². The predicted octanol–water partition coefficient (Wildman–Crippen LogP) is 4.16. The number of carboxylic acids is 1. The molecule has 0 unspecified atom stereocenters. The molecule has 0 saturated heterocycles. The van der Waals surface area contributed by atoms with Gasteiger partial charge in [0.25, 0.3) is 5.91 Å². The molecule has 3 aromatic rings. The van der Waals surface area contributed by atoms with Gasteiger partial charge in [0.15, 0.2) is 11.0 Å². The van der Waals surface area contributed by atoms with Crippen LogP contribution >= 0.6 is 11.8 Å². The van der Waals surface area contributed by atoms with E-state index in [1.54, 1.807) is 24.3 Å². The minimum atomic E-state index is -1.06. The highest BCUT2D eigenvalue weighted by atomic mass is 32.2. The number of nitrogens with zero attached hydrogens (tertiary/aromatic N) is 3. The van der Waals surface area contributed by atoms with Gasteiger partial charge >= 0.3 is 5.97 Å². The maximum atomic E-state index is 12.8. The molecule has 9 nitrogen and oxygen atoms in total. The Morgan fingerprint density at radius 1 is 1.06 bits per heavy atom. The summed E-state index contributed by atoms with van der Waals surface area (Å²) in [6, 6.07) is 13.1. The van der Waals surface area contributed by atoms with E-state index in [2.05, 4.69) is 20.8 Å². The summed E-state index contributed by atoms with van der Waals surface area (Å²) < 4.78 is 1.89. The molecule has 0 aliphatic carbocycles. The van der Waals surface area contributed by atoms with E-state index >= 15 is 0 Å². The van der Waals surface area contributed by atoms with Crippen molar-refractivity contribution in [2.24, 2.45) is 5.92 Å². The number of aromatic carboxylic acids is 1. The first-order chi connectivity index (χ1) is 16.7. The molecule has 3 N–H and O–H groups in total. The summed E-state index contributed by atoms with van der Waals surface area (Å²) in [7, 11) is 0. The number of anilines is 1. The number of hydrogen-bond acceptors (Lipinski definition) is 6. The van der Waals surface area contributed by atoms with Crippen molar-refractivity contribution in [3.8, 4) is 0 Å². The molecule has 0 radical (unpaired) electrons. The lowest BCUT2D eigenvalue weighted by atomic mass is 10.0. The van der Waals surface area contributed by atoms with Crippen molar-refractivity contribution in [3.05, 3.63) is 71.0 Å². The van der Waals surface area contributed by atoms with Crippen LogP contribution < -0.4 is 10.6 Å². The van der Waals surface area contributed by atoms with Gasteiger partial charge < -0.3 is 20.3 Å². The Balaban J connectivity index is 1.70. The van der Waals surface area contributed by atoms with E-state index in [1.807, 2.05) is 44.4 Å². The number of amides is 2. The van der Waals surface area contributed by atoms with Crippen LogP contribution in [0.3, 0.4) is 0 Å². The Hall–Kier alpha value is -3.66. The molecule has 184 valence electrons. The molecule has 0 aliphatic heterocycles. The van der Waals surface area contributed by atoms with Crippen LogP contribution in [-0.4, -0.2) is 43.4 Å². The lowest BCUT2D eigenvalue weighted by molar-refractivity contribution is -0.113. The van der Waals surface area contributed by atoms with Crippen LogP contribution in [0.4, 0.5) is 5.69 Å². The Kier molecular flexibility index (Phi) is 8.64. The van der Waals surface area contributed by atoms with Gasteiger partial charge in [0.1, 0.15) is 0 Å². The second-order valence-corrected chi connectivity index (χ2v) is 9.31. The standard InChI is InChI=1S/C25H29N5O4S/c1-5-30-22(21(15(2)3)27-23(32)17-11-9-16(4)10-12-17)28-29-25(30)35-14-20(31)26-19-8-6-7-18(13-19)24(33)34/h6-13,15,21H,5,14H2,1-4H3,(H,26,31)(H,27,32)(H,33,34)/t21-/m0/s1. The molecule has 0 aliphatic rings. The normalized spacial score (nSPS) is 11.8. The average Bonchev–Trinajstić information content (AvgIpc) is 3.23. The van der Waals surface area contributed by atoms with Crippen LogP contribution in [0.25, 0.3) is 0 Å². The number of carbonyl (C=O) groups is 3. The van der Waals surface area contributed by atoms with Crippen molar-refractivity contribution in [2.45, 2.75) is 45.4 Å². The molecule has 1 aromatic heterocycles. The van der Waals surface area contributed by atoms with Gasteiger partial charge in [-0.25, -0.2) is 4.79 Å². The first kappa shape index (κ1) is 26.0. The fourth-order valence-electron chi connectivity index (χ4n) is 3.45. The van der Waals surface area contributed by atoms with E-state index < -0.39 is 5.97 Å². The zero-order chi connectivity index (χ0) is 25.5. The van der Waals surface area contributed by atoms with Crippen LogP contribution in [0.15, 0.2) is 53.7 Å². The molecule has 2 aromatic carbocycles. The fourth-order valence-corrected chi connectivity index (χ4v) is 4.26. The molecular weight excluding hydrogens is 466 g/mol. The molecule has 0 saturated carbocycles. The summed E-state index contributed by atoms with van der Waals surface area (Å²) in [6.07, 6.45) is 0. The number of carboxylic acid groups (broad SMARTS) is 1. The third kappa shape index (κ3) is 6.69. The van der Waals surface area contributed by atoms with E-state index in [9.17, 15) is 14.4 Å². The molecule has 0 spiro atoms. The van der Waals surface area contributed by atoms with Crippen LogP contribution in [-0.2, 0) is 11.3 Å². The van der Waals surface area contributed by atoms with Gasteiger partial charge in [-0.1, -0.05) is 49.4 Å². The van der Waals surface area contributed by atoms with Crippen molar-refractivity contribution < 1.29 is 19.5 Å². The van der Waals surface area contributed by atoms with E-state index in [0.717, 1.165) is 5.56 Å². The van der Waals surface area contributed by atoms with Gasteiger partial charge in [-0.05, 0) is 50.1 Å². The monoisotopic (exact) mass is 495 g/mol. The minimum absolute atomic E-state index is 0.0570. The molecule has 0 bridgehead atoms. The SMILES string of the molecule is CCn1c(SCC(=O)Nc2cccc(C(=O)O)c2)nnc1[C@@H](NC(=O)c1ccc(C)cc1)C(C)C. The summed E-state index contributed by atoms with van der Waals surface area (Å²) in [6.45, 7) is 8.49. The van der Waals surface area contributed by atoms with Crippen molar-refractivity contribution in [2.75, 3.05) is 11.1 Å². The van der Waals surface area contributed by atoms with E-state index in [4.69, 9.17) is 5.11 Å². The van der Waals surface area contributed by atoms with E-state index in [-0.39, 0.29) is 35.1 Å². The Labute approximate surface area is 208 Å². The number of benzene rings is 2. The summed E-state index contributed by atoms with van der Waals surface area (Å²) >= 11 is 1.22. The lowest BCUT2D eigenvalue weighted by Crippen LogP contribution is -2.33. The molecule has 0 fully saturated rings. The van der Waals surface area contributed by atoms with Crippen LogP contribution in [0.2, 0.25) is 0 Å². The van der Waals surface area contributed by atoms with E-state index in [1.165, 1.54) is 23.9 Å². The molecule has 10 heteroatoms. The molecular formula is C25H29N5O4S. The Morgan fingerprint density at radius 2 is 1.77 bits per heavy atom. The highest BCUT2D eigenvalue weighted by Gasteiger charge is 2.26. The maximum absolute atomic E-state index is 12.8. The number of rotatable bonds is 10. The lowest BCUT2D eigenvalue weighted by Gasteiger charge is -2.22. The quantitative estimate of drug-likeness (QED) is 0.361. The first-order valence-corrected chi connectivity index (χ1v) is 12.2.